The number of piperazine rings is 1. The van der Waals surface area contributed by atoms with Gasteiger partial charge in [0.25, 0.3) is 5.91 Å². The summed E-state index contributed by atoms with van der Waals surface area (Å²) in [6.07, 6.45) is 5.65. The molecule has 1 amide bonds. The zero-order valence-electron chi connectivity index (χ0n) is 17.1. The van der Waals surface area contributed by atoms with Gasteiger partial charge >= 0.3 is 0 Å². The molecule has 156 valence electrons. The van der Waals surface area contributed by atoms with E-state index in [0.29, 0.717) is 43.8 Å². The Hall–Kier alpha value is -2.61. The number of rotatable bonds is 5. The van der Waals surface area contributed by atoms with E-state index >= 15 is 0 Å². The third kappa shape index (κ3) is 4.53. The maximum Gasteiger partial charge on any atom is 0.289 e. The Morgan fingerprint density at radius 2 is 2.07 bits per heavy atom. The number of nitrogens with zero attached hydrogens (tertiary/aromatic N) is 4. The van der Waals surface area contributed by atoms with Crippen molar-refractivity contribution in [2.45, 2.75) is 38.8 Å². The van der Waals surface area contributed by atoms with Gasteiger partial charge in [-0.3, -0.25) is 4.79 Å². The van der Waals surface area contributed by atoms with Crippen molar-refractivity contribution < 1.29 is 13.9 Å². The SMILES string of the molecule is CC(C)C1OCCCC1Nc1ccnc(N2CCN(C(=O)c3ccco3)CC2)n1. The molecule has 2 unspecified atom stereocenters. The molecule has 0 spiro atoms. The number of hydrogen-bond donors (Lipinski definition) is 1. The van der Waals surface area contributed by atoms with Crippen molar-refractivity contribution in [1.82, 2.24) is 14.9 Å². The molecular formula is C21H29N5O3. The molecule has 29 heavy (non-hydrogen) atoms. The van der Waals surface area contributed by atoms with E-state index in [0.717, 1.165) is 25.3 Å². The molecule has 0 saturated carbocycles. The number of carbonyl (C=O) groups is 1. The number of hydrogen-bond acceptors (Lipinski definition) is 7. The summed E-state index contributed by atoms with van der Waals surface area (Å²) in [6, 6.07) is 5.60. The lowest BCUT2D eigenvalue weighted by atomic mass is 9.94. The summed E-state index contributed by atoms with van der Waals surface area (Å²) < 4.78 is 11.2. The highest BCUT2D eigenvalue weighted by molar-refractivity contribution is 5.91. The van der Waals surface area contributed by atoms with Gasteiger partial charge in [0.1, 0.15) is 5.82 Å². The number of aromatic nitrogens is 2. The minimum Gasteiger partial charge on any atom is -0.459 e. The largest absolute Gasteiger partial charge is 0.459 e. The van der Waals surface area contributed by atoms with Crippen molar-refractivity contribution in [3.05, 3.63) is 36.4 Å². The Kier molecular flexibility index (Phi) is 5.99. The Morgan fingerprint density at radius 1 is 1.24 bits per heavy atom. The maximum atomic E-state index is 12.4. The predicted molar refractivity (Wildman–Crippen MR) is 110 cm³/mol. The maximum absolute atomic E-state index is 12.4. The zero-order valence-corrected chi connectivity index (χ0v) is 17.1. The van der Waals surface area contributed by atoms with Crippen LogP contribution >= 0.6 is 0 Å². The molecule has 0 radical (unpaired) electrons. The number of carbonyl (C=O) groups excluding carboxylic acids is 1. The second kappa shape index (κ2) is 8.82. The Labute approximate surface area is 171 Å². The molecule has 0 aromatic carbocycles. The molecule has 2 saturated heterocycles. The van der Waals surface area contributed by atoms with Gasteiger partial charge in [0.2, 0.25) is 5.95 Å². The molecule has 4 rings (SSSR count). The van der Waals surface area contributed by atoms with E-state index in [1.807, 2.05) is 11.0 Å². The number of ether oxygens (including phenoxy) is 1. The normalized spacial score (nSPS) is 22.7. The minimum absolute atomic E-state index is 0.0667. The van der Waals surface area contributed by atoms with Crippen LogP contribution in [0.3, 0.4) is 0 Å². The Morgan fingerprint density at radius 3 is 2.79 bits per heavy atom. The van der Waals surface area contributed by atoms with Crippen LogP contribution < -0.4 is 10.2 Å². The van der Waals surface area contributed by atoms with Gasteiger partial charge in [-0.15, -0.1) is 0 Å². The lowest BCUT2D eigenvalue weighted by Crippen LogP contribution is -2.49. The fourth-order valence-corrected chi connectivity index (χ4v) is 4.05. The Balaban J connectivity index is 1.37. The molecule has 2 fully saturated rings. The van der Waals surface area contributed by atoms with Crippen LogP contribution in [0.2, 0.25) is 0 Å². The van der Waals surface area contributed by atoms with Crippen molar-refractivity contribution >= 4 is 17.7 Å². The topological polar surface area (TPSA) is 83.7 Å². The van der Waals surface area contributed by atoms with Crippen molar-refractivity contribution in [2.75, 3.05) is 43.0 Å². The van der Waals surface area contributed by atoms with Gasteiger partial charge in [0.15, 0.2) is 5.76 Å². The zero-order chi connectivity index (χ0) is 20.2. The number of nitrogens with one attached hydrogen (secondary N) is 1. The average Bonchev–Trinajstić information content (AvgIpc) is 3.29. The summed E-state index contributed by atoms with van der Waals surface area (Å²) in [7, 11) is 0. The number of furan rings is 1. The second-order valence-electron chi connectivity index (χ2n) is 7.97. The highest BCUT2D eigenvalue weighted by atomic mass is 16.5. The van der Waals surface area contributed by atoms with Gasteiger partial charge in [-0.2, -0.15) is 4.98 Å². The summed E-state index contributed by atoms with van der Waals surface area (Å²) in [5.41, 5.74) is 0. The van der Waals surface area contributed by atoms with E-state index in [-0.39, 0.29) is 18.1 Å². The molecule has 0 aliphatic carbocycles. The first-order valence-electron chi connectivity index (χ1n) is 10.4. The van der Waals surface area contributed by atoms with Crippen LogP contribution in [-0.4, -0.2) is 65.7 Å². The summed E-state index contributed by atoms with van der Waals surface area (Å²) in [4.78, 5) is 25.5. The molecule has 4 heterocycles. The van der Waals surface area contributed by atoms with Crippen molar-refractivity contribution in [1.29, 1.82) is 0 Å². The fraction of sp³-hybridized carbons (Fsp3) is 0.571. The van der Waals surface area contributed by atoms with Crippen LogP contribution in [-0.2, 0) is 4.74 Å². The smallest absolute Gasteiger partial charge is 0.289 e. The van der Waals surface area contributed by atoms with Gasteiger partial charge in [0.05, 0.1) is 18.4 Å². The highest BCUT2D eigenvalue weighted by Crippen LogP contribution is 2.24. The van der Waals surface area contributed by atoms with E-state index < -0.39 is 0 Å². The van der Waals surface area contributed by atoms with Gasteiger partial charge in [-0.05, 0) is 37.0 Å². The Bertz CT molecular complexity index is 802. The molecule has 2 aromatic rings. The molecule has 1 N–H and O–H groups in total. The van der Waals surface area contributed by atoms with Crippen LogP contribution in [0, 0.1) is 5.92 Å². The van der Waals surface area contributed by atoms with Crippen molar-refractivity contribution in [2.24, 2.45) is 5.92 Å². The third-order valence-electron chi connectivity index (χ3n) is 5.58. The number of anilines is 2. The van der Waals surface area contributed by atoms with Crippen LogP contribution in [0.15, 0.2) is 35.1 Å². The van der Waals surface area contributed by atoms with E-state index in [4.69, 9.17) is 14.1 Å². The molecule has 8 heteroatoms. The molecule has 0 bridgehead atoms. The molecule has 2 aliphatic rings. The highest BCUT2D eigenvalue weighted by Gasteiger charge is 2.29. The van der Waals surface area contributed by atoms with Gasteiger partial charge in [-0.1, -0.05) is 13.8 Å². The van der Waals surface area contributed by atoms with E-state index in [2.05, 4.69) is 29.0 Å². The molecule has 2 aliphatic heterocycles. The summed E-state index contributed by atoms with van der Waals surface area (Å²) >= 11 is 0. The first-order valence-corrected chi connectivity index (χ1v) is 10.4. The second-order valence-corrected chi connectivity index (χ2v) is 7.97. The fourth-order valence-electron chi connectivity index (χ4n) is 4.05. The monoisotopic (exact) mass is 399 g/mol. The number of amides is 1. The molecule has 2 atom stereocenters. The van der Waals surface area contributed by atoms with Crippen LogP contribution in [0.1, 0.15) is 37.2 Å². The van der Waals surface area contributed by atoms with E-state index in [1.165, 1.54) is 6.26 Å². The van der Waals surface area contributed by atoms with Gasteiger partial charge in [-0.25, -0.2) is 4.98 Å². The van der Waals surface area contributed by atoms with Gasteiger partial charge in [0, 0.05) is 39.0 Å². The lowest BCUT2D eigenvalue weighted by molar-refractivity contribution is -0.0203. The van der Waals surface area contributed by atoms with Gasteiger partial charge < -0.3 is 24.3 Å². The molecule has 2 aromatic heterocycles. The predicted octanol–water partition coefficient (Wildman–Crippen LogP) is 2.65. The third-order valence-corrected chi connectivity index (χ3v) is 5.58. The van der Waals surface area contributed by atoms with Crippen molar-refractivity contribution in [3.8, 4) is 0 Å². The average molecular weight is 399 g/mol. The van der Waals surface area contributed by atoms with Crippen LogP contribution in [0.25, 0.3) is 0 Å². The quantitative estimate of drug-likeness (QED) is 0.827. The molecular weight excluding hydrogens is 370 g/mol. The first-order chi connectivity index (χ1) is 14.1. The van der Waals surface area contributed by atoms with Crippen molar-refractivity contribution in [3.63, 3.8) is 0 Å². The standard InChI is InChI=1S/C21H29N5O3/c1-15(2)19-16(5-3-14-29-19)23-18-7-8-22-21(24-18)26-11-9-25(10-12-26)20(27)17-6-4-13-28-17/h4,6-8,13,15-16,19H,3,5,9-12,14H2,1-2H3,(H,22,23,24). The first kappa shape index (κ1) is 19.7. The lowest BCUT2D eigenvalue weighted by Gasteiger charge is -2.36. The van der Waals surface area contributed by atoms with E-state index in [9.17, 15) is 4.79 Å². The molecule has 8 nitrogen and oxygen atoms in total. The summed E-state index contributed by atoms with van der Waals surface area (Å²) in [5, 5.41) is 3.56. The summed E-state index contributed by atoms with van der Waals surface area (Å²) in [5.74, 6) is 2.29. The summed E-state index contributed by atoms with van der Waals surface area (Å²) in [6.45, 7) is 7.84. The van der Waals surface area contributed by atoms with Crippen LogP contribution in [0.4, 0.5) is 11.8 Å². The minimum atomic E-state index is -0.0667. The van der Waals surface area contributed by atoms with Crippen LogP contribution in [0.5, 0.6) is 0 Å². The van der Waals surface area contributed by atoms with E-state index in [1.54, 1.807) is 18.3 Å².